The van der Waals surface area contributed by atoms with Gasteiger partial charge >= 0.3 is 19.6 Å². The molecule has 0 radical (unpaired) electrons. The molecule has 15 nitrogen and oxygen atoms in total. The van der Waals surface area contributed by atoms with Crippen LogP contribution in [0.5, 0.6) is 5.88 Å². The molecule has 2 aromatic rings. The third kappa shape index (κ3) is 17.1. The molecule has 1 saturated heterocycles. The van der Waals surface area contributed by atoms with E-state index in [1.54, 1.807) is 24.7 Å². The molecule has 3 heterocycles. The molecule has 0 aliphatic carbocycles. The molecular formula is C29H55FN7O8P. The van der Waals surface area contributed by atoms with Gasteiger partial charge in [0.05, 0.1) is 46.0 Å². The molecule has 3 rings (SSSR count). The molecule has 0 amide bonds. The molecule has 46 heavy (non-hydrogen) atoms. The second kappa shape index (κ2) is 23.4. The molecule has 2 atom stereocenters. The second-order valence-electron chi connectivity index (χ2n) is 11.0. The Hall–Kier alpha value is -2.91. The first-order chi connectivity index (χ1) is 21.7. The third-order valence-corrected chi connectivity index (χ3v) is 6.66. The number of fused-ring (bicyclic) bond motifs is 1. The number of alkyl halides is 1. The lowest BCUT2D eigenvalue weighted by atomic mass is 10.2. The lowest BCUT2D eigenvalue weighted by Gasteiger charge is -2.22. The Morgan fingerprint density at radius 3 is 1.98 bits per heavy atom. The van der Waals surface area contributed by atoms with Crippen LogP contribution < -0.4 is 20.6 Å². The van der Waals surface area contributed by atoms with Crippen LogP contribution in [0.3, 0.4) is 0 Å². The summed E-state index contributed by atoms with van der Waals surface area (Å²) in [7, 11) is -3.32. The number of rotatable bonds is 14. The van der Waals surface area contributed by atoms with Crippen LogP contribution in [-0.4, -0.2) is 84.3 Å². The van der Waals surface area contributed by atoms with Crippen molar-refractivity contribution in [1.29, 1.82) is 0 Å². The van der Waals surface area contributed by atoms with Gasteiger partial charge in [-0.25, -0.2) is 15.2 Å². The lowest BCUT2D eigenvalue weighted by Crippen LogP contribution is -2.34. The van der Waals surface area contributed by atoms with Crippen molar-refractivity contribution in [3.8, 4) is 5.88 Å². The monoisotopic (exact) mass is 679 g/mol. The minimum absolute atomic E-state index is 0.0480. The first-order valence-corrected chi connectivity index (χ1v) is 17.1. The summed E-state index contributed by atoms with van der Waals surface area (Å²) in [6.07, 6.45) is 1.90. The number of carbonyl (C=O) groups is 2. The zero-order valence-corrected chi connectivity index (χ0v) is 29.9. The molecule has 1 aliphatic rings. The molecule has 2 aromatic heterocycles. The van der Waals surface area contributed by atoms with E-state index in [0.29, 0.717) is 37.8 Å². The number of esters is 2. The second-order valence-corrected chi connectivity index (χ2v) is 13.0. The number of carbonyl (C=O) groups excluding carboxylic acids is 2. The summed E-state index contributed by atoms with van der Waals surface area (Å²) in [6, 6.07) is 0. The van der Waals surface area contributed by atoms with Crippen LogP contribution in [0.2, 0.25) is 0 Å². The first kappa shape index (κ1) is 43.1. The topological polar surface area (TPSA) is 191 Å². The van der Waals surface area contributed by atoms with Gasteiger partial charge in [-0.15, -0.1) is 0 Å². The van der Waals surface area contributed by atoms with Crippen molar-refractivity contribution < 1.29 is 42.0 Å². The van der Waals surface area contributed by atoms with Gasteiger partial charge in [-0.3, -0.25) is 23.1 Å². The zero-order valence-electron chi connectivity index (χ0n) is 29.0. The van der Waals surface area contributed by atoms with Crippen LogP contribution in [-0.2, 0) is 32.9 Å². The van der Waals surface area contributed by atoms with Gasteiger partial charge in [0.25, 0.3) is 0 Å². The van der Waals surface area contributed by atoms with Gasteiger partial charge in [-0.1, -0.05) is 41.5 Å². The molecule has 1 aliphatic heterocycles. The molecule has 17 heteroatoms. The summed E-state index contributed by atoms with van der Waals surface area (Å²) >= 11 is 0. The Balaban J connectivity index is 0.00000178. The number of hydrogen-bond acceptors (Lipinski definition) is 12. The molecule has 0 spiro atoms. The van der Waals surface area contributed by atoms with Crippen molar-refractivity contribution in [1.82, 2.24) is 29.7 Å². The van der Waals surface area contributed by atoms with E-state index in [1.165, 1.54) is 0 Å². The van der Waals surface area contributed by atoms with Gasteiger partial charge in [0.2, 0.25) is 11.8 Å². The number of nitrogens with zero attached hydrogens (tertiary/aromatic N) is 4. The van der Waals surface area contributed by atoms with Gasteiger partial charge in [0.15, 0.2) is 11.2 Å². The highest BCUT2D eigenvalue weighted by atomic mass is 31.2. The summed E-state index contributed by atoms with van der Waals surface area (Å²) in [6.45, 7) is 18.0. The number of hydrogen-bond donors (Lipinski definition) is 3. The highest BCUT2D eigenvalue weighted by Crippen LogP contribution is 2.39. The third-order valence-electron chi connectivity index (χ3n) is 5.00. The molecule has 4 N–H and O–H groups in total. The van der Waals surface area contributed by atoms with Crippen LogP contribution in [0.4, 0.5) is 10.3 Å². The Bertz CT molecular complexity index is 1160. The molecule has 0 aromatic carbocycles. The predicted octanol–water partition coefficient (Wildman–Crippen LogP) is 4.83. The fraction of sp³-hybridized carbons (Fsp3) is 0.759. The fourth-order valence-electron chi connectivity index (χ4n) is 3.47. The standard InChI is InChI=1S/C20H32N7O8P.2C4H10.CH3F/c1-4-31-15(28)9-23-36(30,24-10-16(29)32-5-2)34-11-13-7-8-14(35-13)27-12-22-17-18(27)25-20(21)26-19(17)33-6-3;2*1-4(2)3;1-2/h12-14H,4-11H2,1-3H3,(H2,21,25,26)(H2,23,24,30);2*4H,1-3H3;1H3. The highest BCUT2D eigenvalue weighted by Gasteiger charge is 2.32. The van der Waals surface area contributed by atoms with Crippen molar-refractivity contribution in [2.24, 2.45) is 11.8 Å². The van der Waals surface area contributed by atoms with Crippen molar-refractivity contribution >= 4 is 36.7 Å². The fourth-order valence-corrected chi connectivity index (χ4v) is 4.81. The quantitative estimate of drug-likeness (QED) is 0.182. The number of ether oxygens (including phenoxy) is 4. The SMILES string of the molecule is CC(C)C.CC(C)C.CCOC(=O)CNP(=O)(NCC(=O)OCC)OCC1CCC(n2cnc3c(OCC)nc(N)nc32)O1.CF. The van der Waals surface area contributed by atoms with Crippen LogP contribution in [0.1, 0.15) is 81.4 Å². The maximum atomic E-state index is 13.2. The van der Waals surface area contributed by atoms with Gasteiger partial charge in [0.1, 0.15) is 19.3 Å². The molecular weight excluding hydrogens is 624 g/mol. The van der Waals surface area contributed by atoms with Crippen molar-refractivity contribution in [2.75, 3.05) is 52.4 Å². The van der Waals surface area contributed by atoms with Gasteiger partial charge in [-0.2, -0.15) is 9.97 Å². The van der Waals surface area contributed by atoms with Crippen LogP contribution in [0, 0.1) is 11.8 Å². The molecule has 266 valence electrons. The average Bonchev–Trinajstić information content (AvgIpc) is 3.62. The predicted molar refractivity (Wildman–Crippen MR) is 175 cm³/mol. The Labute approximate surface area is 272 Å². The minimum Gasteiger partial charge on any atom is -0.476 e. The number of halogens is 1. The highest BCUT2D eigenvalue weighted by molar-refractivity contribution is 7.54. The average molecular weight is 680 g/mol. The maximum absolute atomic E-state index is 13.2. The van der Waals surface area contributed by atoms with Crippen LogP contribution in [0.15, 0.2) is 6.33 Å². The van der Waals surface area contributed by atoms with E-state index < -0.39 is 31.9 Å². The summed E-state index contributed by atoms with van der Waals surface area (Å²) < 4.78 is 51.3. The molecule has 0 saturated carbocycles. The van der Waals surface area contributed by atoms with E-state index in [1.807, 2.05) is 6.92 Å². The minimum atomic E-state index is -3.82. The number of nitrogens with two attached hydrogens (primary N) is 1. The van der Waals surface area contributed by atoms with E-state index >= 15 is 0 Å². The lowest BCUT2D eigenvalue weighted by molar-refractivity contribution is -0.142. The number of nitrogens with one attached hydrogen (secondary N) is 2. The number of nitrogen functional groups attached to an aromatic ring is 1. The van der Waals surface area contributed by atoms with E-state index in [-0.39, 0.29) is 44.7 Å². The van der Waals surface area contributed by atoms with Gasteiger partial charge < -0.3 is 29.2 Å². The van der Waals surface area contributed by atoms with Gasteiger partial charge in [0, 0.05) is 0 Å². The molecule has 1 fully saturated rings. The Morgan fingerprint density at radius 1 is 0.978 bits per heavy atom. The van der Waals surface area contributed by atoms with E-state index in [9.17, 15) is 18.5 Å². The van der Waals surface area contributed by atoms with Gasteiger partial charge in [-0.05, 0) is 45.4 Å². The number of anilines is 1. The van der Waals surface area contributed by atoms with Crippen LogP contribution >= 0.6 is 7.67 Å². The smallest absolute Gasteiger partial charge is 0.341 e. The van der Waals surface area contributed by atoms with E-state index in [0.717, 1.165) is 11.8 Å². The summed E-state index contributed by atoms with van der Waals surface area (Å²) in [5, 5.41) is 5.03. The number of imidazole rings is 1. The Kier molecular flexibility index (Phi) is 21.9. The van der Waals surface area contributed by atoms with Crippen LogP contribution in [0.25, 0.3) is 11.2 Å². The zero-order chi connectivity index (χ0) is 35.3. The summed E-state index contributed by atoms with van der Waals surface area (Å²) in [5.74, 6) is 0.775. The van der Waals surface area contributed by atoms with E-state index in [4.69, 9.17) is 29.2 Å². The first-order valence-electron chi connectivity index (χ1n) is 15.5. The molecule has 2 unspecified atom stereocenters. The van der Waals surface area contributed by atoms with Crippen molar-refractivity contribution in [2.45, 2.75) is 87.5 Å². The van der Waals surface area contributed by atoms with Crippen molar-refractivity contribution in [3.05, 3.63) is 6.33 Å². The Morgan fingerprint density at radius 2 is 1.50 bits per heavy atom. The largest absolute Gasteiger partial charge is 0.476 e. The summed E-state index contributed by atoms with van der Waals surface area (Å²) in [4.78, 5) is 36.1. The maximum Gasteiger partial charge on any atom is 0.341 e. The van der Waals surface area contributed by atoms with E-state index in [2.05, 4.69) is 66.7 Å². The normalized spacial score (nSPS) is 15.7. The van der Waals surface area contributed by atoms with Crippen molar-refractivity contribution in [3.63, 3.8) is 0 Å². The number of aromatic nitrogens is 4. The summed E-state index contributed by atoms with van der Waals surface area (Å²) in [5.41, 5.74) is 6.76. The molecule has 0 bridgehead atoms.